The molecular weight excluding hydrogens is 292 g/mol. The number of carbonyl (C=O) groups is 1. The highest BCUT2D eigenvalue weighted by Crippen LogP contribution is 2.23. The third-order valence-corrected chi connectivity index (χ3v) is 4.63. The van der Waals surface area contributed by atoms with E-state index in [4.69, 9.17) is 0 Å². The first-order valence-corrected chi connectivity index (χ1v) is 8.41. The first-order valence-electron chi connectivity index (χ1n) is 7.53. The van der Waals surface area contributed by atoms with Crippen LogP contribution in [0.5, 0.6) is 0 Å². The van der Waals surface area contributed by atoms with Crippen LogP contribution in [0.2, 0.25) is 0 Å². The topological polar surface area (TPSA) is 41.1 Å². The molecule has 22 heavy (non-hydrogen) atoms. The molecular formula is C18H24N2OS. The first-order chi connectivity index (χ1) is 10.4. The van der Waals surface area contributed by atoms with E-state index in [0.717, 1.165) is 5.69 Å². The van der Waals surface area contributed by atoms with E-state index in [-0.39, 0.29) is 17.4 Å². The summed E-state index contributed by atoms with van der Waals surface area (Å²) in [5.41, 5.74) is 2.22. The average molecular weight is 316 g/mol. The van der Waals surface area contributed by atoms with E-state index in [1.54, 1.807) is 11.3 Å². The number of hydrogen-bond acceptors (Lipinski definition) is 3. The Morgan fingerprint density at radius 3 is 2.41 bits per heavy atom. The van der Waals surface area contributed by atoms with Crippen molar-refractivity contribution in [2.45, 2.75) is 39.2 Å². The first kappa shape index (κ1) is 16.7. The Hall–Kier alpha value is -1.65. The lowest BCUT2D eigenvalue weighted by molar-refractivity contribution is -0.115. The molecule has 1 unspecified atom stereocenters. The van der Waals surface area contributed by atoms with Gasteiger partial charge in [0.15, 0.2) is 0 Å². The normalized spacial score (nSPS) is 12.9. The lowest BCUT2D eigenvalue weighted by Crippen LogP contribution is -2.29. The molecule has 1 amide bonds. The molecule has 4 heteroatoms. The number of rotatable bonds is 5. The maximum atomic E-state index is 12.0. The zero-order chi connectivity index (χ0) is 16.2. The number of nitrogens with one attached hydrogen (secondary N) is 2. The summed E-state index contributed by atoms with van der Waals surface area (Å²) in [5.74, 6) is -0.0214. The lowest BCUT2D eigenvalue weighted by atomic mass is 9.87. The zero-order valence-corrected chi connectivity index (χ0v) is 14.5. The third-order valence-electron chi connectivity index (χ3n) is 3.57. The second-order valence-electron chi connectivity index (χ2n) is 6.49. The Kier molecular flexibility index (Phi) is 5.37. The van der Waals surface area contributed by atoms with E-state index in [9.17, 15) is 4.79 Å². The molecule has 0 aliphatic heterocycles. The molecule has 3 nitrogen and oxygen atoms in total. The van der Waals surface area contributed by atoms with Crippen LogP contribution in [0.15, 0.2) is 41.8 Å². The second-order valence-corrected chi connectivity index (χ2v) is 7.47. The van der Waals surface area contributed by atoms with Gasteiger partial charge in [-0.2, -0.15) is 0 Å². The number of amides is 1. The molecule has 0 fully saturated rings. The van der Waals surface area contributed by atoms with Crippen LogP contribution < -0.4 is 10.6 Å². The maximum Gasteiger partial charge on any atom is 0.238 e. The molecule has 0 saturated heterocycles. The van der Waals surface area contributed by atoms with E-state index < -0.39 is 0 Å². The van der Waals surface area contributed by atoms with Crippen molar-refractivity contribution in [2.75, 3.05) is 11.9 Å². The molecule has 0 radical (unpaired) electrons. The Morgan fingerprint density at radius 2 is 1.86 bits per heavy atom. The Morgan fingerprint density at radius 1 is 1.18 bits per heavy atom. The van der Waals surface area contributed by atoms with Crippen molar-refractivity contribution in [3.8, 4) is 0 Å². The van der Waals surface area contributed by atoms with Crippen molar-refractivity contribution in [1.29, 1.82) is 0 Å². The quantitative estimate of drug-likeness (QED) is 0.862. The largest absolute Gasteiger partial charge is 0.325 e. The van der Waals surface area contributed by atoms with Crippen LogP contribution in [0, 0.1) is 0 Å². The van der Waals surface area contributed by atoms with Crippen LogP contribution in [0.4, 0.5) is 5.69 Å². The summed E-state index contributed by atoms with van der Waals surface area (Å²) in [6.07, 6.45) is 0. The highest BCUT2D eigenvalue weighted by Gasteiger charge is 2.13. The van der Waals surface area contributed by atoms with Gasteiger partial charge in [-0.3, -0.25) is 4.79 Å². The summed E-state index contributed by atoms with van der Waals surface area (Å²) in [4.78, 5) is 13.2. The second kappa shape index (κ2) is 7.07. The van der Waals surface area contributed by atoms with Crippen molar-refractivity contribution in [3.05, 3.63) is 52.2 Å². The monoisotopic (exact) mass is 316 g/mol. The molecule has 0 saturated carbocycles. The van der Waals surface area contributed by atoms with E-state index in [0.29, 0.717) is 6.54 Å². The summed E-state index contributed by atoms with van der Waals surface area (Å²) in [5, 5.41) is 8.21. The minimum atomic E-state index is -0.0214. The van der Waals surface area contributed by atoms with Gasteiger partial charge < -0.3 is 10.6 Å². The van der Waals surface area contributed by atoms with E-state index in [2.05, 4.69) is 56.5 Å². The van der Waals surface area contributed by atoms with Gasteiger partial charge in [0.05, 0.1) is 6.54 Å². The number of anilines is 1. The predicted molar refractivity (Wildman–Crippen MR) is 94.5 cm³/mol. The summed E-state index contributed by atoms with van der Waals surface area (Å²) in [6, 6.07) is 12.3. The van der Waals surface area contributed by atoms with Crippen molar-refractivity contribution in [3.63, 3.8) is 0 Å². The fraction of sp³-hybridized carbons (Fsp3) is 0.389. The maximum absolute atomic E-state index is 12.0. The van der Waals surface area contributed by atoms with Gasteiger partial charge >= 0.3 is 0 Å². The molecule has 2 N–H and O–H groups in total. The van der Waals surface area contributed by atoms with Crippen molar-refractivity contribution >= 4 is 22.9 Å². The summed E-state index contributed by atoms with van der Waals surface area (Å²) < 4.78 is 0. The Labute approximate surface area is 136 Å². The molecule has 1 atom stereocenters. The van der Waals surface area contributed by atoms with Gasteiger partial charge in [0.2, 0.25) is 5.91 Å². The number of carbonyl (C=O) groups excluding carboxylic acids is 1. The summed E-state index contributed by atoms with van der Waals surface area (Å²) in [6.45, 7) is 8.90. The van der Waals surface area contributed by atoms with Crippen LogP contribution in [-0.2, 0) is 10.2 Å². The SMILES string of the molecule is CC(NCC(=O)Nc1ccc(C(C)(C)C)cc1)c1cccs1. The van der Waals surface area contributed by atoms with Gasteiger partial charge in [0.1, 0.15) is 0 Å². The number of hydrogen-bond donors (Lipinski definition) is 2. The van der Waals surface area contributed by atoms with Crippen LogP contribution in [0.3, 0.4) is 0 Å². The standard InChI is InChI=1S/C18H24N2OS/c1-13(16-6-5-11-22-16)19-12-17(21)20-15-9-7-14(8-10-15)18(2,3)4/h5-11,13,19H,12H2,1-4H3,(H,20,21). The third kappa shape index (κ3) is 4.68. The van der Waals surface area contributed by atoms with Crippen molar-refractivity contribution in [1.82, 2.24) is 5.32 Å². The van der Waals surface area contributed by atoms with Gasteiger partial charge in [-0.1, -0.05) is 39.0 Å². The highest BCUT2D eigenvalue weighted by atomic mass is 32.1. The van der Waals surface area contributed by atoms with Gasteiger partial charge in [0, 0.05) is 16.6 Å². The highest BCUT2D eigenvalue weighted by molar-refractivity contribution is 7.10. The predicted octanol–water partition coefficient (Wildman–Crippen LogP) is 4.33. The van der Waals surface area contributed by atoms with Crippen LogP contribution in [-0.4, -0.2) is 12.5 Å². The minimum absolute atomic E-state index is 0.0214. The lowest BCUT2D eigenvalue weighted by Gasteiger charge is -2.19. The summed E-state index contributed by atoms with van der Waals surface area (Å²) in [7, 11) is 0. The molecule has 0 spiro atoms. The van der Waals surface area contributed by atoms with E-state index >= 15 is 0 Å². The van der Waals surface area contributed by atoms with Crippen LogP contribution in [0.1, 0.15) is 44.2 Å². The molecule has 1 heterocycles. The number of thiophene rings is 1. The zero-order valence-electron chi connectivity index (χ0n) is 13.6. The molecule has 2 aromatic rings. The smallest absolute Gasteiger partial charge is 0.238 e. The van der Waals surface area contributed by atoms with Gasteiger partial charge in [-0.15, -0.1) is 11.3 Å². The molecule has 1 aromatic heterocycles. The van der Waals surface area contributed by atoms with E-state index in [1.807, 2.05) is 23.6 Å². The fourth-order valence-corrected chi connectivity index (χ4v) is 2.90. The Bertz CT molecular complexity index is 597. The van der Waals surface area contributed by atoms with Crippen LogP contribution in [0.25, 0.3) is 0 Å². The average Bonchev–Trinajstić information content (AvgIpc) is 2.98. The van der Waals surface area contributed by atoms with Crippen molar-refractivity contribution < 1.29 is 4.79 Å². The van der Waals surface area contributed by atoms with Crippen LogP contribution >= 0.6 is 11.3 Å². The van der Waals surface area contributed by atoms with E-state index in [1.165, 1.54) is 10.4 Å². The Balaban J connectivity index is 1.84. The molecule has 118 valence electrons. The fourth-order valence-electron chi connectivity index (χ4n) is 2.14. The molecule has 0 bridgehead atoms. The summed E-state index contributed by atoms with van der Waals surface area (Å²) >= 11 is 1.70. The number of benzene rings is 1. The van der Waals surface area contributed by atoms with Gasteiger partial charge in [-0.05, 0) is 41.5 Å². The molecule has 0 aliphatic rings. The molecule has 2 rings (SSSR count). The minimum Gasteiger partial charge on any atom is -0.325 e. The van der Waals surface area contributed by atoms with Crippen molar-refractivity contribution in [2.24, 2.45) is 0 Å². The molecule has 0 aliphatic carbocycles. The van der Waals surface area contributed by atoms with Gasteiger partial charge in [-0.25, -0.2) is 0 Å². The van der Waals surface area contributed by atoms with Gasteiger partial charge in [0.25, 0.3) is 0 Å². The molecule has 1 aromatic carbocycles.